The molecule has 0 fully saturated rings. The number of alkyl halides is 3. The van der Waals surface area contributed by atoms with E-state index in [0.29, 0.717) is 11.1 Å². The van der Waals surface area contributed by atoms with Crippen molar-refractivity contribution < 1.29 is 27.5 Å². The first kappa shape index (κ1) is 20.3. The lowest BCUT2D eigenvalue weighted by atomic mass is 10.0. The van der Waals surface area contributed by atoms with Crippen LogP contribution in [0.2, 0.25) is 0 Å². The molecule has 0 saturated carbocycles. The fourth-order valence-corrected chi connectivity index (χ4v) is 2.83. The van der Waals surface area contributed by atoms with Crippen LogP contribution in [0, 0.1) is 0 Å². The highest BCUT2D eigenvalue weighted by Gasteiger charge is 2.30. The highest BCUT2D eigenvalue weighted by Crippen LogP contribution is 2.29. The summed E-state index contributed by atoms with van der Waals surface area (Å²) in [4.78, 5) is 28.9. The highest BCUT2D eigenvalue weighted by atomic mass is 19.4. The normalized spacial score (nSPS) is 12.4. The molecule has 0 unspecified atom stereocenters. The van der Waals surface area contributed by atoms with E-state index in [-0.39, 0.29) is 12.1 Å². The third-order valence-corrected chi connectivity index (χ3v) is 4.34. The average molecular weight is 402 g/mol. The van der Waals surface area contributed by atoms with Gasteiger partial charge >= 0.3 is 12.1 Å². The summed E-state index contributed by atoms with van der Waals surface area (Å²) < 4.78 is 42.8. The number of hydrogen-bond acceptors (Lipinski definition) is 4. The first-order valence-corrected chi connectivity index (χ1v) is 8.68. The van der Waals surface area contributed by atoms with E-state index in [1.54, 1.807) is 18.2 Å². The molecule has 1 atom stereocenters. The van der Waals surface area contributed by atoms with E-state index in [1.165, 1.54) is 25.3 Å². The van der Waals surface area contributed by atoms with E-state index in [1.807, 2.05) is 12.1 Å². The smallest absolute Gasteiger partial charge is 0.416 e. The van der Waals surface area contributed by atoms with Gasteiger partial charge in [-0.3, -0.25) is 4.79 Å². The lowest BCUT2D eigenvalue weighted by Gasteiger charge is -2.17. The molecule has 29 heavy (non-hydrogen) atoms. The third kappa shape index (κ3) is 4.90. The van der Waals surface area contributed by atoms with Gasteiger partial charge in [0.1, 0.15) is 11.7 Å². The molecule has 1 amide bonds. The molecule has 150 valence electrons. The highest BCUT2D eigenvalue weighted by molar-refractivity contribution is 5.97. The number of halogens is 3. The minimum Gasteiger partial charge on any atom is -0.467 e. The molecule has 0 bridgehead atoms. The van der Waals surface area contributed by atoms with Crippen molar-refractivity contribution in [3.8, 4) is 0 Å². The van der Waals surface area contributed by atoms with Crippen LogP contribution in [0.5, 0.6) is 0 Å². The summed E-state index contributed by atoms with van der Waals surface area (Å²) in [6, 6.07) is 13.8. The standard InChI is InChI=1S/C21H17F3N2O3/c1-29-20(28)18(12-13-6-9-15(10-7-13)21(22,23)24)26-19(27)17-11-8-14-4-2-3-5-16(14)25-17/h2-11,18H,12H2,1H3,(H,26,27)/t18-/m1/s1. The van der Waals surface area contributed by atoms with Gasteiger partial charge in [-0.25, -0.2) is 9.78 Å². The minimum atomic E-state index is -4.45. The van der Waals surface area contributed by atoms with E-state index in [2.05, 4.69) is 10.3 Å². The molecule has 0 saturated heterocycles. The summed E-state index contributed by atoms with van der Waals surface area (Å²) in [6.45, 7) is 0. The zero-order chi connectivity index (χ0) is 21.0. The fourth-order valence-electron chi connectivity index (χ4n) is 2.83. The summed E-state index contributed by atoms with van der Waals surface area (Å²) in [5.74, 6) is -1.29. The Hall–Kier alpha value is -3.42. The maximum Gasteiger partial charge on any atom is 0.416 e. The number of methoxy groups -OCH3 is 1. The van der Waals surface area contributed by atoms with Crippen molar-refractivity contribution in [2.24, 2.45) is 0 Å². The molecule has 5 nitrogen and oxygen atoms in total. The predicted octanol–water partition coefficient (Wildman–Crippen LogP) is 3.77. The first-order chi connectivity index (χ1) is 13.8. The number of benzene rings is 2. The topological polar surface area (TPSA) is 68.3 Å². The van der Waals surface area contributed by atoms with Gasteiger partial charge in [-0.05, 0) is 29.8 Å². The Bertz CT molecular complexity index is 1030. The van der Waals surface area contributed by atoms with E-state index < -0.39 is 29.7 Å². The van der Waals surface area contributed by atoms with Crippen LogP contribution in [0.3, 0.4) is 0 Å². The number of carbonyl (C=O) groups excluding carboxylic acids is 2. The number of fused-ring (bicyclic) bond motifs is 1. The Morgan fingerprint density at radius 2 is 1.72 bits per heavy atom. The monoisotopic (exact) mass is 402 g/mol. The van der Waals surface area contributed by atoms with Gasteiger partial charge in [0, 0.05) is 11.8 Å². The van der Waals surface area contributed by atoms with Crippen LogP contribution in [0.25, 0.3) is 10.9 Å². The van der Waals surface area contributed by atoms with E-state index in [4.69, 9.17) is 4.74 Å². The van der Waals surface area contributed by atoms with Gasteiger partial charge in [-0.1, -0.05) is 36.4 Å². The van der Waals surface area contributed by atoms with Gasteiger partial charge in [0.25, 0.3) is 5.91 Å². The third-order valence-electron chi connectivity index (χ3n) is 4.34. The number of para-hydroxylation sites is 1. The van der Waals surface area contributed by atoms with Gasteiger partial charge in [0.15, 0.2) is 0 Å². The Morgan fingerprint density at radius 1 is 1.03 bits per heavy atom. The molecule has 2 aromatic carbocycles. The van der Waals surface area contributed by atoms with Crippen LogP contribution in [0.4, 0.5) is 13.2 Å². The Kier molecular flexibility index (Phi) is 5.81. The Labute approximate surface area is 164 Å². The van der Waals surface area contributed by atoms with Crippen LogP contribution in [-0.2, 0) is 22.1 Å². The lowest BCUT2D eigenvalue weighted by Crippen LogP contribution is -2.43. The van der Waals surface area contributed by atoms with Gasteiger partial charge < -0.3 is 10.1 Å². The minimum absolute atomic E-state index is 0.0237. The van der Waals surface area contributed by atoms with Crippen LogP contribution >= 0.6 is 0 Å². The number of rotatable bonds is 5. The van der Waals surface area contributed by atoms with Crippen molar-refractivity contribution in [1.82, 2.24) is 10.3 Å². The first-order valence-electron chi connectivity index (χ1n) is 8.68. The molecular weight excluding hydrogens is 385 g/mol. The molecule has 3 aromatic rings. The van der Waals surface area contributed by atoms with E-state index in [0.717, 1.165) is 17.5 Å². The van der Waals surface area contributed by atoms with Crippen LogP contribution in [0.1, 0.15) is 21.6 Å². The molecule has 1 N–H and O–H groups in total. The maximum absolute atomic E-state index is 12.7. The van der Waals surface area contributed by atoms with Crippen LogP contribution in [-0.4, -0.2) is 30.0 Å². The lowest BCUT2D eigenvalue weighted by molar-refractivity contribution is -0.143. The molecule has 3 rings (SSSR count). The maximum atomic E-state index is 12.7. The molecule has 0 aliphatic rings. The zero-order valence-electron chi connectivity index (χ0n) is 15.4. The molecule has 0 aliphatic carbocycles. The quantitative estimate of drug-likeness (QED) is 0.660. The van der Waals surface area contributed by atoms with Crippen molar-refractivity contribution in [1.29, 1.82) is 0 Å². The summed E-state index contributed by atoms with van der Waals surface area (Å²) in [7, 11) is 1.17. The summed E-state index contributed by atoms with van der Waals surface area (Å²) in [6.07, 6.45) is -4.47. The number of ether oxygens (including phenoxy) is 1. The molecule has 1 heterocycles. The zero-order valence-corrected chi connectivity index (χ0v) is 15.4. The van der Waals surface area contributed by atoms with Gasteiger partial charge in [0.05, 0.1) is 18.2 Å². The summed E-state index contributed by atoms with van der Waals surface area (Å²) in [5.41, 5.74) is 0.392. The average Bonchev–Trinajstić information content (AvgIpc) is 2.72. The SMILES string of the molecule is COC(=O)[C@@H](Cc1ccc(C(F)(F)F)cc1)NC(=O)c1ccc2ccccc2n1. The number of nitrogens with one attached hydrogen (secondary N) is 1. The van der Waals surface area contributed by atoms with E-state index >= 15 is 0 Å². The Balaban J connectivity index is 1.77. The van der Waals surface area contributed by atoms with Crippen LogP contribution < -0.4 is 5.32 Å². The van der Waals surface area contributed by atoms with Gasteiger partial charge in [-0.15, -0.1) is 0 Å². The second kappa shape index (κ2) is 8.30. The van der Waals surface area contributed by atoms with Crippen molar-refractivity contribution in [2.45, 2.75) is 18.6 Å². The molecule has 0 spiro atoms. The van der Waals surface area contributed by atoms with Crippen molar-refractivity contribution >= 4 is 22.8 Å². The number of aromatic nitrogens is 1. The number of hydrogen-bond donors (Lipinski definition) is 1. The van der Waals surface area contributed by atoms with Crippen molar-refractivity contribution in [2.75, 3.05) is 7.11 Å². The van der Waals surface area contributed by atoms with Crippen LogP contribution in [0.15, 0.2) is 60.7 Å². The predicted molar refractivity (Wildman–Crippen MR) is 100 cm³/mol. The van der Waals surface area contributed by atoms with Gasteiger partial charge in [-0.2, -0.15) is 13.2 Å². The van der Waals surface area contributed by atoms with Gasteiger partial charge in [0.2, 0.25) is 0 Å². The van der Waals surface area contributed by atoms with Crippen molar-refractivity contribution in [3.05, 3.63) is 77.5 Å². The second-order valence-corrected chi connectivity index (χ2v) is 6.34. The number of pyridine rings is 1. The number of esters is 1. The largest absolute Gasteiger partial charge is 0.467 e. The molecule has 0 aliphatic heterocycles. The molecule has 1 aromatic heterocycles. The number of carbonyl (C=O) groups is 2. The Morgan fingerprint density at radius 3 is 2.38 bits per heavy atom. The summed E-state index contributed by atoms with van der Waals surface area (Å²) in [5, 5.41) is 3.40. The number of nitrogens with zero attached hydrogens (tertiary/aromatic N) is 1. The molecular formula is C21H17F3N2O3. The number of amides is 1. The summed E-state index contributed by atoms with van der Waals surface area (Å²) >= 11 is 0. The van der Waals surface area contributed by atoms with Crippen molar-refractivity contribution in [3.63, 3.8) is 0 Å². The van der Waals surface area contributed by atoms with E-state index in [9.17, 15) is 22.8 Å². The second-order valence-electron chi connectivity index (χ2n) is 6.34. The molecule has 8 heteroatoms. The molecule has 0 radical (unpaired) electrons. The fraction of sp³-hybridized carbons (Fsp3) is 0.190.